The smallest absolute Gasteiger partial charge is 0.0755 e. The average Bonchev–Trinajstić information content (AvgIpc) is 2.32. The molecule has 1 aromatic carbocycles. The van der Waals surface area contributed by atoms with Crippen LogP contribution in [0.5, 0.6) is 0 Å². The van der Waals surface area contributed by atoms with Gasteiger partial charge in [0, 0.05) is 21.3 Å². The molecule has 1 aromatic rings. The van der Waals surface area contributed by atoms with Crippen molar-refractivity contribution in [2.45, 2.75) is 9.79 Å². The number of aliphatic hydroxyl groups excluding tert-OH is 1. The summed E-state index contributed by atoms with van der Waals surface area (Å²) in [6, 6.07) is 0. The van der Waals surface area contributed by atoms with Crippen LogP contribution < -0.4 is 0 Å². The summed E-state index contributed by atoms with van der Waals surface area (Å²) in [5, 5.41) is 10.2. The van der Waals surface area contributed by atoms with E-state index < -0.39 is 0 Å². The molecule has 0 saturated heterocycles. The van der Waals surface area contributed by atoms with E-state index >= 15 is 0 Å². The SMILES string of the molecule is [CH2][CH]Sc1c(Cl)c(Cl)c(SCCO)c(Cl)c1Cl. The second-order valence-electron chi connectivity index (χ2n) is 2.77. The summed E-state index contributed by atoms with van der Waals surface area (Å²) in [6.07, 6.45) is 0. The first kappa shape index (κ1) is 16.1. The highest BCUT2D eigenvalue weighted by molar-refractivity contribution is 8.01. The fourth-order valence-electron chi connectivity index (χ4n) is 1.05. The molecule has 7 heteroatoms. The van der Waals surface area contributed by atoms with E-state index in [0.29, 0.717) is 35.6 Å². The number of hydrogen-bond donors (Lipinski definition) is 1. The van der Waals surface area contributed by atoms with Crippen LogP contribution >= 0.6 is 69.9 Å². The van der Waals surface area contributed by atoms with Gasteiger partial charge in [-0.25, -0.2) is 0 Å². The highest BCUT2D eigenvalue weighted by Gasteiger charge is 2.20. The Balaban J connectivity index is 3.26. The lowest BCUT2D eigenvalue weighted by molar-refractivity contribution is 0.322. The zero-order valence-electron chi connectivity index (χ0n) is 8.47. The monoisotopic (exact) mass is 348 g/mol. The summed E-state index contributed by atoms with van der Waals surface area (Å²) in [6.45, 7) is 3.61. The highest BCUT2D eigenvalue weighted by Crippen LogP contribution is 2.49. The van der Waals surface area contributed by atoms with Crippen molar-refractivity contribution in [3.63, 3.8) is 0 Å². The predicted octanol–water partition coefficient (Wildman–Crippen LogP) is 5.47. The number of aliphatic hydroxyl groups is 1. The van der Waals surface area contributed by atoms with Crippen LogP contribution in [0.25, 0.3) is 0 Å². The third-order valence-electron chi connectivity index (χ3n) is 1.72. The van der Waals surface area contributed by atoms with Crippen molar-refractivity contribution in [2.75, 3.05) is 12.4 Å². The number of halogens is 4. The van der Waals surface area contributed by atoms with Gasteiger partial charge in [0.1, 0.15) is 0 Å². The van der Waals surface area contributed by atoms with Gasteiger partial charge in [-0.2, -0.15) is 0 Å². The molecule has 0 spiro atoms. The molecule has 0 amide bonds. The van der Waals surface area contributed by atoms with Gasteiger partial charge in [0.05, 0.1) is 26.7 Å². The number of benzene rings is 1. The van der Waals surface area contributed by atoms with E-state index in [1.165, 1.54) is 23.5 Å². The number of thioether (sulfide) groups is 2. The molecule has 0 unspecified atom stereocenters. The second kappa shape index (κ2) is 7.59. The van der Waals surface area contributed by atoms with Crippen molar-refractivity contribution in [1.82, 2.24) is 0 Å². The highest BCUT2D eigenvalue weighted by atomic mass is 35.5. The average molecular weight is 350 g/mol. The van der Waals surface area contributed by atoms with Gasteiger partial charge in [-0.3, -0.25) is 0 Å². The largest absolute Gasteiger partial charge is 0.396 e. The first-order valence-electron chi connectivity index (χ1n) is 4.41. The van der Waals surface area contributed by atoms with Gasteiger partial charge in [0.2, 0.25) is 0 Å². The molecular weight excluding hydrogens is 342 g/mol. The Kier molecular flexibility index (Phi) is 7.18. The third-order valence-corrected chi connectivity index (χ3v) is 5.77. The lowest BCUT2D eigenvalue weighted by Gasteiger charge is -2.14. The van der Waals surface area contributed by atoms with E-state index in [9.17, 15) is 0 Å². The van der Waals surface area contributed by atoms with Gasteiger partial charge in [0.15, 0.2) is 0 Å². The fourth-order valence-corrected chi connectivity index (χ4v) is 4.05. The summed E-state index contributed by atoms with van der Waals surface area (Å²) in [5.74, 6) is 2.07. The molecule has 0 aliphatic rings. The van der Waals surface area contributed by atoms with Gasteiger partial charge in [-0.1, -0.05) is 46.4 Å². The van der Waals surface area contributed by atoms with Crippen LogP contribution in [0.3, 0.4) is 0 Å². The van der Waals surface area contributed by atoms with Crippen LogP contribution in [-0.2, 0) is 0 Å². The zero-order valence-corrected chi connectivity index (χ0v) is 13.1. The molecule has 1 nitrogen and oxygen atoms in total. The Morgan fingerprint density at radius 1 is 1.00 bits per heavy atom. The van der Waals surface area contributed by atoms with Crippen molar-refractivity contribution >= 4 is 69.9 Å². The maximum absolute atomic E-state index is 8.80. The lowest BCUT2D eigenvalue weighted by atomic mass is 10.3. The van der Waals surface area contributed by atoms with Crippen molar-refractivity contribution in [3.05, 3.63) is 32.8 Å². The quantitative estimate of drug-likeness (QED) is 0.562. The Bertz CT molecular complexity index is 383. The summed E-state index contributed by atoms with van der Waals surface area (Å²) in [5.41, 5.74) is 0. The Morgan fingerprint density at radius 3 is 1.88 bits per heavy atom. The second-order valence-corrected chi connectivity index (χ2v) is 6.37. The fraction of sp³-hybridized carbons (Fsp3) is 0.200. The van der Waals surface area contributed by atoms with Gasteiger partial charge in [-0.15, -0.1) is 23.5 Å². The molecule has 0 aliphatic heterocycles. The molecule has 0 saturated carbocycles. The van der Waals surface area contributed by atoms with Crippen molar-refractivity contribution in [3.8, 4) is 0 Å². The zero-order chi connectivity index (χ0) is 13.0. The van der Waals surface area contributed by atoms with Gasteiger partial charge in [0.25, 0.3) is 0 Å². The third kappa shape index (κ3) is 3.75. The number of rotatable bonds is 5. The number of hydrogen-bond acceptors (Lipinski definition) is 3. The van der Waals surface area contributed by atoms with Gasteiger partial charge < -0.3 is 5.11 Å². The molecule has 17 heavy (non-hydrogen) atoms. The Labute approximate surface area is 129 Å². The first-order valence-corrected chi connectivity index (χ1v) is 7.79. The van der Waals surface area contributed by atoms with E-state index in [4.69, 9.17) is 51.5 Å². The minimum Gasteiger partial charge on any atom is -0.396 e. The van der Waals surface area contributed by atoms with Gasteiger partial charge >= 0.3 is 0 Å². The molecule has 0 bridgehead atoms. The lowest BCUT2D eigenvalue weighted by Crippen LogP contribution is -1.90. The maximum Gasteiger partial charge on any atom is 0.0755 e. The van der Waals surface area contributed by atoms with Crippen molar-refractivity contribution < 1.29 is 5.11 Å². The summed E-state index contributed by atoms with van der Waals surface area (Å²) < 4.78 is 0. The summed E-state index contributed by atoms with van der Waals surface area (Å²) >= 11 is 27.0. The summed E-state index contributed by atoms with van der Waals surface area (Å²) in [7, 11) is 0. The van der Waals surface area contributed by atoms with Crippen LogP contribution in [0.2, 0.25) is 20.1 Å². The molecular formula is C10H8Cl4OS2. The van der Waals surface area contributed by atoms with E-state index in [0.717, 1.165) is 0 Å². The Hall–Kier alpha value is 1.04. The maximum atomic E-state index is 8.80. The van der Waals surface area contributed by atoms with Gasteiger partial charge in [-0.05, 0) is 6.92 Å². The normalized spacial score (nSPS) is 10.9. The molecule has 0 aromatic heterocycles. The molecule has 0 heterocycles. The predicted molar refractivity (Wildman–Crippen MR) is 79.8 cm³/mol. The minimum absolute atomic E-state index is 0.0235. The first-order chi connectivity index (χ1) is 8.04. The molecule has 0 aliphatic carbocycles. The van der Waals surface area contributed by atoms with Crippen molar-refractivity contribution in [1.29, 1.82) is 0 Å². The minimum atomic E-state index is 0.0235. The van der Waals surface area contributed by atoms with E-state index in [1.54, 1.807) is 5.75 Å². The topological polar surface area (TPSA) is 20.2 Å². The van der Waals surface area contributed by atoms with Crippen LogP contribution in [0, 0.1) is 12.7 Å². The molecule has 1 N–H and O–H groups in total. The van der Waals surface area contributed by atoms with Crippen LogP contribution in [-0.4, -0.2) is 17.5 Å². The molecule has 94 valence electrons. The van der Waals surface area contributed by atoms with Crippen LogP contribution in [0.1, 0.15) is 0 Å². The van der Waals surface area contributed by atoms with Crippen LogP contribution in [0.4, 0.5) is 0 Å². The van der Waals surface area contributed by atoms with E-state index in [-0.39, 0.29) is 6.61 Å². The van der Waals surface area contributed by atoms with E-state index in [1.807, 2.05) is 0 Å². The Morgan fingerprint density at radius 2 is 1.47 bits per heavy atom. The van der Waals surface area contributed by atoms with Crippen LogP contribution in [0.15, 0.2) is 9.79 Å². The summed E-state index contributed by atoms with van der Waals surface area (Å²) in [4.78, 5) is 1.18. The van der Waals surface area contributed by atoms with Crippen molar-refractivity contribution in [2.24, 2.45) is 0 Å². The molecule has 0 atom stereocenters. The molecule has 2 radical (unpaired) electrons. The molecule has 0 fully saturated rings. The van der Waals surface area contributed by atoms with E-state index in [2.05, 4.69) is 6.92 Å². The standard InChI is InChI=1S/C10H8Cl4OS2/c1-2-16-9-5(11)7(13)10(17-4-3-15)8(14)6(9)12/h2,15H,1,3-4H2. The molecule has 1 rings (SSSR count).